The number of halogens is 4. The number of carbonyl (C=O) groups is 1. The van der Waals surface area contributed by atoms with E-state index in [1.54, 1.807) is 18.5 Å². The summed E-state index contributed by atoms with van der Waals surface area (Å²) in [4.78, 5) is 21.2. The standard InChI is InChI=1S/C26H22F4N6O2/c27-20-8-16(18-12-31-22(32-13-18)7-15-11-33-36(14-15)19-3-4-19)1-2-17(20)9-24(37)34-23-10-21(38-35-23)25(5-6-25)26(28,29)30/h1-2,8,10-14,19H,3-7,9H2,(H,34,35,37). The molecule has 0 radical (unpaired) electrons. The van der Waals surface area contributed by atoms with Crippen molar-refractivity contribution in [3.63, 3.8) is 0 Å². The van der Waals surface area contributed by atoms with Gasteiger partial charge in [0.15, 0.2) is 11.6 Å². The SMILES string of the molecule is O=C(Cc1ccc(-c2cnc(Cc3cnn(C4CC4)c3)nc2)cc1F)Nc1cc(C2(C(F)(F)F)CC2)on1. The smallest absolute Gasteiger partial charge is 0.358 e. The topological polar surface area (TPSA) is 98.7 Å². The van der Waals surface area contributed by atoms with Gasteiger partial charge in [-0.2, -0.15) is 18.3 Å². The second-order valence-corrected chi connectivity index (χ2v) is 9.81. The summed E-state index contributed by atoms with van der Waals surface area (Å²) in [5, 5.41) is 10.3. The van der Waals surface area contributed by atoms with E-state index >= 15 is 0 Å². The summed E-state index contributed by atoms with van der Waals surface area (Å²) in [7, 11) is 0. The predicted octanol–water partition coefficient (Wildman–Crippen LogP) is 5.17. The maximum absolute atomic E-state index is 14.8. The zero-order valence-electron chi connectivity index (χ0n) is 20.0. The molecule has 0 spiro atoms. The van der Waals surface area contributed by atoms with Crippen LogP contribution in [0.4, 0.5) is 23.4 Å². The van der Waals surface area contributed by atoms with E-state index in [-0.39, 0.29) is 36.4 Å². The molecule has 0 saturated heterocycles. The maximum Gasteiger partial charge on any atom is 0.401 e. The summed E-state index contributed by atoms with van der Waals surface area (Å²) in [5.41, 5.74) is 0.266. The molecule has 1 aromatic carbocycles. The summed E-state index contributed by atoms with van der Waals surface area (Å²) < 4.78 is 61.3. The molecule has 3 heterocycles. The largest absolute Gasteiger partial charge is 0.401 e. The summed E-state index contributed by atoms with van der Waals surface area (Å²) in [6.45, 7) is 0. The molecule has 12 heteroatoms. The number of amides is 1. The minimum atomic E-state index is -4.45. The Morgan fingerprint density at radius 3 is 2.53 bits per heavy atom. The summed E-state index contributed by atoms with van der Waals surface area (Å²) in [5.74, 6) is -1.10. The van der Waals surface area contributed by atoms with Crippen molar-refractivity contribution in [2.75, 3.05) is 5.32 Å². The van der Waals surface area contributed by atoms with Crippen molar-refractivity contribution in [2.45, 2.75) is 56.2 Å². The molecule has 2 fully saturated rings. The summed E-state index contributed by atoms with van der Waals surface area (Å²) >= 11 is 0. The van der Waals surface area contributed by atoms with Gasteiger partial charge in [0.05, 0.1) is 18.7 Å². The van der Waals surface area contributed by atoms with E-state index in [0.717, 1.165) is 24.5 Å². The Bertz CT molecular complexity index is 1490. The quantitative estimate of drug-likeness (QED) is 0.318. The van der Waals surface area contributed by atoms with Gasteiger partial charge in [-0.3, -0.25) is 9.48 Å². The van der Waals surface area contributed by atoms with Gasteiger partial charge in [0, 0.05) is 36.6 Å². The molecule has 6 rings (SSSR count). The third-order valence-corrected chi connectivity index (χ3v) is 6.92. The molecule has 0 unspecified atom stereocenters. The van der Waals surface area contributed by atoms with E-state index in [4.69, 9.17) is 4.52 Å². The second kappa shape index (κ2) is 9.03. The van der Waals surface area contributed by atoms with Gasteiger partial charge in [-0.05, 0) is 48.4 Å². The molecule has 2 aliphatic rings. The van der Waals surface area contributed by atoms with E-state index < -0.39 is 23.3 Å². The summed E-state index contributed by atoms with van der Waals surface area (Å²) in [6.07, 6.45) is 4.94. The number of rotatable bonds is 8. The van der Waals surface area contributed by atoms with E-state index in [2.05, 4.69) is 25.5 Å². The molecule has 1 amide bonds. The average Bonchev–Trinajstić information content (AvgIpc) is 3.80. The van der Waals surface area contributed by atoms with Gasteiger partial charge in [-0.1, -0.05) is 17.3 Å². The van der Waals surface area contributed by atoms with E-state index in [0.29, 0.717) is 29.4 Å². The molecular weight excluding hydrogens is 504 g/mol. The van der Waals surface area contributed by atoms with Gasteiger partial charge in [0.1, 0.15) is 17.1 Å². The van der Waals surface area contributed by atoms with Crippen LogP contribution in [0.15, 0.2) is 53.6 Å². The molecule has 196 valence electrons. The van der Waals surface area contributed by atoms with E-state index in [1.807, 2.05) is 17.1 Å². The first kappa shape index (κ1) is 24.3. The number of carbonyl (C=O) groups excluding carboxylic acids is 1. The lowest BCUT2D eigenvalue weighted by Gasteiger charge is -2.14. The van der Waals surface area contributed by atoms with Crippen molar-refractivity contribution in [3.8, 4) is 11.1 Å². The van der Waals surface area contributed by atoms with Crippen molar-refractivity contribution in [2.24, 2.45) is 0 Å². The van der Waals surface area contributed by atoms with Crippen LogP contribution < -0.4 is 5.32 Å². The summed E-state index contributed by atoms with van der Waals surface area (Å²) in [6, 6.07) is 5.99. The molecule has 4 aromatic rings. The van der Waals surface area contributed by atoms with Crippen LogP contribution in [0, 0.1) is 5.82 Å². The molecule has 3 aromatic heterocycles. The van der Waals surface area contributed by atoms with Crippen LogP contribution in [-0.2, 0) is 23.1 Å². The molecule has 2 aliphatic carbocycles. The van der Waals surface area contributed by atoms with Crippen molar-refractivity contribution in [3.05, 3.63) is 77.6 Å². The molecule has 0 bridgehead atoms. The Kier molecular flexibility index (Phi) is 5.77. The molecule has 0 atom stereocenters. The van der Waals surface area contributed by atoms with Crippen LogP contribution in [0.5, 0.6) is 0 Å². The number of hydrogen-bond donors (Lipinski definition) is 1. The third-order valence-electron chi connectivity index (χ3n) is 6.92. The van der Waals surface area contributed by atoms with Crippen LogP contribution in [0.25, 0.3) is 11.1 Å². The highest BCUT2D eigenvalue weighted by Crippen LogP contribution is 2.59. The highest BCUT2D eigenvalue weighted by atomic mass is 19.4. The van der Waals surface area contributed by atoms with Gasteiger partial charge < -0.3 is 9.84 Å². The van der Waals surface area contributed by atoms with Gasteiger partial charge >= 0.3 is 6.18 Å². The Morgan fingerprint density at radius 2 is 1.87 bits per heavy atom. The molecule has 0 aliphatic heterocycles. The number of alkyl halides is 3. The Morgan fingerprint density at radius 1 is 1.11 bits per heavy atom. The highest BCUT2D eigenvalue weighted by molar-refractivity contribution is 5.91. The van der Waals surface area contributed by atoms with Crippen molar-refractivity contribution < 1.29 is 26.9 Å². The first-order valence-electron chi connectivity index (χ1n) is 12.2. The van der Waals surface area contributed by atoms with Gasteiger partial charge in [-0.15, -0.1) is 0 Å². The predicted molar refractivity (Wildman–Crippen MR) is 127 cm³/mol. The minimum absolute atomic E-state index is 0.0869. The van der Waals surface area contributed by atoms with Gasteiger partial charge in [-0.25, -0.2) is 14.4 Å². The van der Waals surface area contributed by atoms with Crippen LogP contribution in [0.3, 0.4) is 0 Å². The number of aromatic nitrogens is 5. The minimum Gasteiger partial charge on any atom is -0.358 e. The molecule has 8 nitrogen and oxygen atoms in total. The van der Waals surface area contributed by atoms with Gasteiger partial charge in [0.2, 0.25) is 5.91 Å². The fourth-order valence-corrected chi connectivity index (χ4v) is 4.37. The van der Waals surface area contributed by atoms with E-state index in [1.165, 1.54) is 12.1 Å². The first-order valence-corrected chi connectivity index (χ1v) is 12.2. The zero-order valence-corrected chi connectivity index (χ0v) is 20.0. The van der Waals surface area contributed by atoms with E-state index in [9.17, 15) is 22.4 Å². The number of hydrogen-bond acceptors (Lipinski definition) is 6. The normalized spacial score (nSPS) is 16.4. The highest BCUT2D eigenvalue weighted by Gasteiger charge is 2.66. The Labute approximate surface area is 214 Å². The van der Waals surface area contributed by atoms with Crippen molar-refractivity contribution in [1.29, 1.82) is 0 Å². The number of nitrogens with zero attached hydrogens (tertiary/aromatic N) is 5. The lowest BCUT2D eigenvalue weighted by molar-refractivity contribution is -0.165. The van der Waals surface area contributed by atoms with Gasteiger partial charge in [0.25, 0.3) is 0 Å². The number of benzene rings is 1. The lowest BCUT2D eigenvalue weighted by atomic mass is 10.0. The molecule has 38 heavy (non-hydrogen) atoms. The van der Waals surface area contributed by atoms with Crippen LogP contribution >= 0.6 is 0 Å². The molecular formula is C26H22F4N6O2. The Balaban J connectivity index is 1.07. The monoisotopic (exact) mass is 526 g/mol. The molecule has 2 saturated carbocycles. The Hall–Kier alpha value is -4.09. The van der Waals surface area contributed by atoms with Crippen LogP contribution in [-0.4, -0.2) is 37.0 Å². The third kappa shape index (κ3) is 4.77. The zero-order chi connectivity index (χ0) is 26.5. The molecule has 1 N–H and O–H groups in total. The fourth-order valence-electron chi connectivity index (χ4n) is 4.37. The number of nitrogens with one attached hydrogen (secondary N) is 1. The number of anilines is 1. The first-order chi connectivity index (χ1) is 18.2. The average molecular weight is 526 g/mol. The van der Waals surface area contributed by atoms with Crippen molar-refractivity contribution in [1.82, 2.24) is 24.9 Å². The second-order valence-electron chi connectivity index (χ2n) is 9.81. The fraction of sp³-hybridized carbons (Fsp3) is 0.346. The van der Waals surface area contributed by atoms with Crippen molar-refractivity contribution >= 4 is 11.7 Å². The van der Waals surface area contributed by atoms with Crippen LogP contribution in [0.2, 0.25) is 0 Å². The maximum atomic E-state index is 14.8. The lowest BCUT2D eigenvalue weighted by Crippen LogP contribution is -2.28. The van der Waals surface area contributed by atoms with Crippen LogP contribution in [0.1, 0.15) is 54.4 Å².